The van der Waals surface area contributed by atoms with Crippen molar-refractivity contribution in [3.8, 4) is 0 Å². The Morgan fingerprint density at radius 2 is 2.05 bits per heavy atom. The second kappa shape index (κ2) is 5.79. The third kappa shape index (κ3) is 3.00. The maximum absolute atomic E-state index is 11.9. The molecule has 1 aromatic carbocycles. The maximum atomic E-state index is 11.9. The number of amides is 1. The number of hydrogen-bond donors (Lipinski definition) is 2. The number of rotatable bonds is 4. The Kier molecular flexibility index (Phi) is 4.10. The summed E-state index contributed by atoms with van der Waals surface area (Å²) in [5, 5.41) is 11.6. The standard InChI is InChI=1S/C14H12ClNO4/c1-2-9-4-6-12(20-9)13(17)16-11-5-3-8(14(18)19)7-10(11)15/h3-7H,2H2,1H3,(H,16,17)(H,18,19). The van der Waals surface area contributed by atoms with E-state index in [1.165, 1.54) is 18.2 Å². The fraction of sp³-hybridized carbons (Fsp3) is 0.143. The summed E-state index contributed by atoms with van der Waals surface area (Å²) < 4.78 is 5.32. The van der Waals surface area contributed by atoms with Crippen molar-refractivity contribution in [2.24, 2.45) is 0 Å². The molecule has 0 fully saturated rings. The third-order valence-corrected chi connectivity index (χ3v) is 3.01. The number of carbonyl (C=O) groups is 2. The molecule has 2 aromatic rings. The Hall–Kier alpha value is -2.27. The van der Waals surface area contributed by atoms with E-state index in [1.54, 1.807) is 12.1 Å². The van der Waals surface area contributed by atoms with Gasteiger partial charge in [0.25, 0.3) is 5.91 Å². The Morgan fingerprint density at radius 3 is 2.60 bits per heavy atom. The quantitative estimate of drug-likeness (QED) is 0.905. The first-order valence-corrected chi connectivity index (χ1v) is 6.32. The molecule has 1 heterocycles. The summed E-state index contributed by atoms with van der Waals surface area (Å²) in [6, 6.07) is 7.38. The first-order valence-electron chi connectivity index (χ1n) is 5.94. The smallest absolute Gasteiger partial charge is 0.335 e. The lowest BCUT2D eigenvalue weighted by molar-refractivity contribution is 0.0696. The van der Waals surface area contributed by atoms with Gasteiger partial charge in [-0.05, 0) is 30.3 Å². The molecule has 2 N–H and O–H groups in total. The monoisotopic (exact) mass is 293 g/mol. The van der Waals surface area contributed by atoms with Gasteiger partial charge in [0.2, 0.25) is 0 Å². The summed E-state index contributed by atoms with van der Waals surface area (Å²) in [5.74, 6) is -0.624. The summed E-state index contributed by atoms with van der Waals surface area (Å²) in [6.45, 7) is 1.92. The zero-order valence-electron chi connectivity index (χ0n) is 10.6. The molecule has 0 spiro atoms. The Morgan fingerprint density at radius 1 is 1.30 bits per heavy atom. The van der Waals surface area contributed by atoms with E-state index in [2.05, 4.69) is 5.32 Å². The Bertz CT molecular complexity index is 663. The van der Waals surface area contributed by atoms with E-state index >= 15 is 0 Å². The lowest BCUT2D eigenvalue weighted by Crippen LogP contribution is -2.11. The van der Waals surface area contributed by atoms with Gasteiger partial charge in [0.15, 0.2) is 5.76 Å². The van der Waals surface area contributed by atoms with Crippen molar-refractivity contribution in [2.75, 3.05) is 5.32 Å². The summed E-state index contributed by atoms with van der Waals surface area (Å²) in [4.78, 5) is 22.7. The van der Waals surface area contributed by atoms with Crippen LogP contribution in [-0.2, 0) is 6.42 Å². The van der Waals surface area contributed by atoms with E-state index in [1.807, 2.05) is 6.92 Å². The molecular formula is C14H12ClNO4. The second-order valence-corrected chi connectivity index (χ2v) is 4.48. The summed E-state index contributed by atoms with van der Waals surface area (Å²) in [5.41, 5.74) is 0.385. The molecular weight excluding hydrogens is 282 g/mol. The highest BCUT2D eigenvalue weighted by molar-refractivity contribution is 6.34. The number of carbonyl (C=O) groups excluding carboxylic acids is 1. The SMILES string of the molecule is CCc1ccc(C(=O)Nc2ccc(C(=O)O)cc2Cl)o1. The zero-order valence-corrected chi connectivity index (χ0v) is 11.4. The molecule has 0 aliphatic rings. The molecule has 1 amide bonds. The van der Waals surface area contributed by atoms with Crippen LogP contribution in [0.5, 0.6) is 0 Å². The van der Waals surface area contributed by atoms with E-state index in [0.29, 0.717) is 17.9 Å². The highest BCUT2D eigenvalue weighted by Crippen LogP contribution is 2.24. The molecule has 5 nitrogen and oxygen atoms in total. The van der Waals surface area contributed by atoms with E-state index in [4.69, 9.17) is 21.1 Å². The van der Waals surface area contributed by atoms with Crippen LogP contribution in [0, 0.1) is 0 Å². The highest BCUT2D eigenvalue weighted by Gasteiger charge is 2.13. The fourth-order valence-electron chi connectivity index (χ4n) is 1.62. The van der Waals surface area contributed by atoms with Crippen LogP contribution in [0.25, 0.3) is 0 Å². The van der Waals surface area contributed by atoms with Crippen LogP contribution in [0.4, 0.5) is 5.69 Å². The van der Waals surface area contributed by atoms with E-state index in [9.17, 15) is 9.59 Å². The van der Waals surface area contributed by atoms with Gasteiger partial charge in [-0.1, -0.05) is 18.5 Å². The minimum atomic E-state index is -1.08. The Labute approximate surface area is 120 Å². The van der Waals surface area contributed by atoms with Gasteiger partial charge in [0.1, 0.15) is 5.76 Å². The van der Waals surface area contributed by atoms with Gasteiger partial charge in [-0.25, -0.2) is 4.79 Å². The predicted molar refractivity (Wildman–Crippen MR) is 74.5 cm³/mol. The highest BCUT2D eigenvalue weighted by atomic mass is 35.5. The molecule has 20 heavy (non-hydrogen) atoms. The lowest BCUT2D eigenvalue weighted by atomic mass is 10.2. The Balaban J connectivity index is 2.17. The number of aryl methyl sites for hydroxylation is 1. The molecule has 0 saturated carbocycles. The minimum Gasteiger partial charge on any atom is -0.478 e. The van der Waals surface area contributed by atoms with Crippen molar-refractivity contribution in [3.05, 3.63) is 52.4 Å². The van der Waals surface area contributed by atoms with E-state index in [0.717, 1.165) is 0 Å². The molecule has 0 atom stereocenters. The lowest BCUT2D eigenvalue weighted by Gasteiger charge is -2.06. The van der Waals surface area contributed by atoms with Gasteiger partial charge in [0.05, 0.1) is 16.3 Å². The van der Waals surface area contributed by atoms with Crippen molar-refractivity contribution >= 4 is 29.2 Å². The number of carboxylic acid groups (broad SMARTS) is 1. The van der Waals surface area contributed by atoms with Crippen molar-refractivity contribution in [1.29, 1.82) is 0 Å². The van der Waals surface area contributed by atoms with Crippen LogP contribution in [-0.4, -0.2) is 17.0 Å². The summed E-state index contributed by atoms with van der Waals surface area (Å²) in [7, 11) is 0. The van der Waals surface area contributed by atoms with Gasteiger partial charge in [-0.15, -0.1) is 0 Å². The average Bonchev–Trinajstić information content (AvgIpc) is 2.89. The van der Waals surface area contributed by atoms with Gasteiger partial charge in [-0.3, -0.25) is 4.79 Å². The van der Waals surface area contributed by atoms with Crippen LogP contribution in [0.3, 0.4) is 0 Å². The third-order valence-electron chi connectivity index (χ3n) is 2.70. The number of carboxylic acids is 1. The molecule has 2 rings (SSSR count). The predicted octanol–water partition coefficient (Wildman–Crippen LogP) is 3.45. The van der Waals surface area contributed by atoms with Gasteiger partial charge in [0, 0.05) is 6.42 Å². The number of benzene rings is 1. The number of anilines is 1. The summed E-state index contributed by atoms with van der Waals surface area (Å²) >= 11 is 5.93. The molecule has 6 heteroatoms. The number of furan rings is 1. The van der Waals surface area contributed by atoms with Gasteiger partial charge in [-0.2, -0.15) is 0 Å². The van der Waals surface area contributed by atoms with Crippen molar-refractivity contribution in [2.45, 2.75) is 13.3 Å². The molecule has 104 valence electrons. The largest absolute Gasteiger partial charge is 0.478 e. The van der Waals surface area contributed by atoms with Crippen LogP contribution in [0.15, 0.2) is 34.7 Å². The van der Waals surface area contributed by atoms with Crippen LogP contribution < -0.4 is 5.32 Å². The normalized spacial score (nSPS) is 10.3. The minimum absolute atomic E-state index is 0.0549. The maximum Gasteiger partial charge on any atom is 0.335 e. The number of nitrogens with one attached hydrogen (secondary N) is 1. The van der Waals surface area contributed by atoms with E-state index in [-0.39, 0.29) is 16.3 Å². The van der Waals surface area contributed by atoms with Crippen LogP contribution in [0.2, 0.25) is 5.02 Å². The number of halogens is 1. The number of hydrogen-bond acceptors (Lipinski definition) is 3. The second-order valence-electron chi connectivity index (χ2n) is 4.07. The summed E-state index contributed by atoms with van der Waals surface area (Å²) in [6.07, 6.45) is 0.696. The van der Waals surface area contributed by atoms with Gasteiger partial charge >= 0.3 is 5.97 Å². The first-order chi connectivity index (χ1) is 9.51. The van der Waals surface area contributed by atoms with Crippen molar-refractivity contribution < 1.29 is 19.1 Å². The fourth-order valence-corrected chi connectivity index (χ4v) is 1.85. The first kappa shape index (κ1) is 14.1. The molecule has 0 aliphatic carbocycles. The topological polar surface area (TPSA) is 79.5 Å². The zero-order chi connectivity index (χ0) is 14.7. The van der Waals surface area contributed by atoms with E-state index < -0.39 is 11.9 Å². The number of aromatic carboxylic acids is 1. The molecule has 0 aliphatic heterocycles. The van der Waals surface area contributed by atoms with Crippen LogP contribution >= 0.6 is 11.6 Å². The average molecular weight is 294 g/mol. The molecule has 0 unspecified atom stereocenters. The van der Waals surface area contributed by atoms with Crippen LogP contribution in [0.1, 0.15) is 33.6 Å². The van der Waals surface area contributed by atoms with Gasteiger partial charge < -0.3 is 14.8 Å². The molecule has 1 aromatic heterocycles. The molecule has 0 saturated heterocycles. The molecule has 0 radical (unpaired) electrons. The molecule has 0 bridgehead atoms. The van der Waals surface area contributed by atoms with Crippen molar-refractivity contribution in [3.63, 3.8) is 0 Å². The van der Waals surface area contributed by atoms with Crippen molar-refractivity contribution in [1.82, 2.24) is 0 Å².